The van der Waals surface area contributed by atoms with Crippen molar-refractivity contribution < 1.29 is 14.3 Å². The molecule has 112 valence electrons. The van der Waals surface area contributed by atoms with Gasteiger partial charge < -0.3 is 9.47 Å². The molecule has 1 aromatic heterocycles. The molecule has 5 nitrogen and oxygen atoms in total. The molecule has 1 aromatic carbocycles. The monoisotopic (exact) mass is 288 g/mol. The molecule has 0 unspecified atom stereocenters. The van der Waals surface area contributed by atoms with E-state index in [0.717, 1.165) is 28.8 Å². The first kappa shape index (κ1) is 15.3. The number of hydrogen-bond donors (Lipinski definition) is 0. The largest absolute Gasteiger partial charge is 0.491 e. The Hall–Kier alpha value is -2.14. The summed E-state index contributed by atoms with van der Waals surface area (Å²) in [5, 5.41) is 4.40. The van der Waals surface area contributed by atoms with Crippen LogP contribution in [0.3, 0.4) is 0 Å². The van der Waals surface area contributed by atoms with Crippen LogP contribution in [0.15, 0.2) is 18.2 Å². The number of carbonyl (C=O) groups is 1. The van der Waals surface area contributed by atoms with Gasteiger partial charge in [-0.1, -0.05) is 0 Å². The maximum Gasteiger partial charge on any atom is 0.150 e. The van der Waals surface area contributed by atoms with Crippen LogP contribution in [0.1, 0.15) is 21.7 Å². The lowest BCUT2D eigenvalue weighted by molar-refractivity contribution is 0.112. The van der Waals surface area contributed by atoms with Crippen molar-refractivity contribution in [2.24, 2.45) is 7.05 Å². The maximum atomic E-state index is 11.4. The molecule has 0 bridgehead atoms. The SMILES string of the molecule is COCCOc1ccc(-c2c(C)nn(C)c2C)c(C=O)c1. The van der Waals surface area contributed by atoms with Crippen LogP contribution in [-0.2, 0) is 11.8 Å². The number of benzene rings is 1. The van der Waals surface area contributed by atoms with Crippen LogP contribution in [0.4, 0.5) is 0 Å². The Morgan fingerprint density at radius 3 is 2.62 bits per heavy atom. The van der Waals surface area contributed by atoms with E-state index >= 15 is 0 Å². The Labute approximate surface area is 124 Å². The molecule has 0 saturated heterocycles. The highest BCUT2D eigenvalue weighted by atomic mass is 16.5. The van der Waals surface area contributed by atoms with Crippen LogP contribution in [-0.4, -0.2) is 36.4 Å². The van der Waals surface area contributed by atoms with E-state index in [2.05, 4.69) is 5.10 Å². The van der Waals surface area contributed by atoms with Gasteiger partial charge in [0.15, 0.2) is 6.29 Å². The van der Waals surface area contributed by atoms with Gasteiger partial charge in [0, 0.05) is 31.0 Å². The molecule has 0 aliphatic rings. The van der Waals surface area contributed by atoms with E-state index in [0.29, 0.717) is 24.5 Å². The van der Waals surface area contributed by atoms with Gasteiger partial charge in [-0.05, 0) is 37.6 Å². The van der Waals surface area contributed by atoms with Gasteiger partial charge in [-0.2, -0.15) is 5.10 Å². The maximum absolute atomic E-state index is 11.4. The number of hydrogen-bond acceptors (Lipinski definition) is 4. The van der Waals surface area contributed by atoms with E-state index < -0.39 is 0 Å². The molecule has 0 aliphatic heterocycles. The highest BCUT2D eigenvalue weighted by Gasteiger charge is 2.15. The number of ether oxygens (including phenoxy) is 2. The van der Waals surface area contributed by atoms with E-state index in [1.165, 1.54) is 0 Å². The second-order valence-corrected chi connectivity index (χ2v) is 4.88. The van der Waals surface area contributed by atoms with Crippen molar-refractivity contribution in [2.75, 3.05) is 20.3 Å². The summed E-state index contributed by atoms with van der Waals surface area (Å²) in [7, 11) is 3.52. The lowest BCUT2D eigenvalue weighted by Crippen LogP contribution is -2.04. The molecule has 0 amide bonds. The van der Waals surface area contributed by atoms with Gasteiger partial charge in [-0.25, -0.2) is 0 Å². The van der Waals surface area contributed by atoms with E-state index in [9.17, 15) is 4.79 Å². The number of rotatable bonds is 6. The number of aryl methyl sites for hydroxylation is 2. The molecule has 1 heterocycles. The van der Waals surface area contributed by atoms with Crippen LogP contribution < -0.4 is 4.74 Å². The first-order chi connectivity index (χ1) is 10.1. The fraction of sp³-hybridized carbons (Fsp3) is 0.375. The van der Waals surface area contributed by atoms with Gasteiger partial charge in [0.1, 0.15) is 12.4 Å². The van der Waals surface area contributed by atoms with Gasteiger partial charge >= 0.3 is 0 Å². The summed E-state index contributed by atoms with van der Waals surface area (Å²) in [5.41, 5.74) is 4.43. The second kappa shape index (κ2) is 6.54. The zero-order valence-electron chi connectivity index (χ0n) is 12.8. The predicted octanol–water partition coefficient (Wildman–Crippen LogP) is 2.54. The third kappa shape index (κ3) is 3.13. The first-order valence-electron chi connectivity index (χ1n) is 6.80. The molecule has 21 heavy (non-hydrogen) atoms. The molecular formula is C16H20N2O3. The quantitative estimate of drug-likeness (QED) is 0.605. The summed E-state index contributed by atoms with van der Waals surface area (Å²) < 4.78 is 12.3. The van der Waals surface area contributed by atoms with Crippen molar-refractivity contribution >= 4 is 6.29 Å². The van der Waals surface area contributed by atoms with Crippen molar-refractivity contribution in [2.45, 2.75) is 13.8 Å². The Morgan fingerprint density at radius 1 is 1.29 bits per heavy atom. The van der Waals surface area contributed by atoms with Crippen LogP contribution in [0, 0.1) is 13.8 Å². The van der Waals surface area contributed by atoms with Crippen LogP contribution in [0.5, 0.6) is 5.75 Å². The van der Waals surface area contributed by atoms with Crippen molar-refractivity contribution in [3.63, 3.8) is 0 Å². The van der Waals surface area contributed by atoms with Crippen molar-refractivity contribution in [3.05, 3.63) is 35.2 Å². The lowest BCUT2D eigenvalue weighted by Gasteiger charge is -2.10. The van der Waals surface area contributed by atoms with Gasteiger partial charge in [0.2, 0.25) is 0 Å². The van der Waals surface area contributed by atoms with E-state index in [1.807, 2.05) is 37.7 Å². The fourth-order valence-corrected chi connectivity index (χ4v) is 2.36. The minimum Gasteiger partial charge on any atom is -0.491 e. The third-order valence-corrected chi connectivity index (χ3v) is 3.48. The number of carbonyl (C=O) groups excluding carboxylic acids is 1. The Kier molecular flexibility index (Phi) is 4.75. The number of aromatic nitrogens is 2. The summed E-state index contributed by atoms with van der Waals surface area (Å²) in [6, 6.07) is 5.52. The molecule has 0 saturated carbocycles. The van der Waals surface area contributed by atoms with Crippen molar-refractivity contribution in [3.8, 4) is 16.9 Å². The number of methoxy groups -OCH3 is 1. The minimum atomic E-state index is 0.457. The minimum absolute atomic E-state index is 0.457. The van der Waals surface area contributed by atoms with Gasteiger partial charge in [0.05, 0.1) is 12.3 Å². The van der Waals surface area contributed by atoms with Crippen molar-refractivity contribution in [1.29, 1.82) is 0 Å². The average molecular weight is 288 g/mol. The average Bonchev–Trinajstić information content (AvgIpc) is 2.72. The summed E-state index contributed by atoms with van der Waals surface area (Å²) >= 11 is 0. The topological polar surface area (TPSA) is 53.4 Å². The highest BCUT2D eigenvalue weighted by Crippen LogP contribution is 2.31. The van der Waals surface area contributed by atoms with E-state index in [-0.39, 0.29) is 0 Å². The van der Waals surface area contributed by atoms with Crippen LogP contribution in [0.2, 0.25) is 0 Å². The Balaban J connectivity index is 2.38. The van der Waals surface area contributed by atoms with Crippen LogP contribution in [0.25, 0.3) is 11.1 Å². The zero-order chi connectivity index (χ0) is 15.4. The smallest absolute Gasteiger partial charge is 0.150 e. The van der Waals surface area contributed by atoms with Gasteiger partial charge in [0.25, 0.3) is 0 Å². The molecule has 0 spiro atoms. The lowest BCUT2D eigenvalue weighted by atomic mass is 9.98. The second-order valence-electron chi connectivity index (χ2n) is 4.88. The third-order valence-electron chi connectivity index (χ3n) is 3.48. The Morgan fingerprint density at radius 2 is 2.05 bits per heavy atom. The molecule has 2 aromatic rings. The predicted molar refractivity (Wildman–Crippen MR) is 80.9 cm³/mol. The molecule has 0 N–H and O–H groups in total. The molecule has 5 heteroatoms. The molecule has 0 fully saturated rings. The summed E-state index contributed by atoms with van der Waals surface area (Å²) in [6.45, 7) is 4.91. The van der Waals surface area contributed by atoms with Gasteiger partial charge in [-0.3, -0.25) is 9.48 Å². The van der Waals surface area contributed by atoms with Crippen molar-refractivity contribution in [1.82, 2.24) is 9.78 Å². The standard InChI is InChI=1S/C16H20N2O3/c1-11-16(12(2)18(3)17-11)15-6-5-14(9-13(15)10-19)21-8-7-20-4/h5-6,9-10H,7-8H2,1-4H3. The molecule has 0 atom stereocenters. The molecule has 2 rings (SSSR count). The Bertz CT molecular complexity index is 647. The molecule has 0 radical (unpaired) electrons. The van der Waals surface area contributed by atoms with E-state index in [4.69, 9.17) is 9.47 Å². The number of aldehydes is 1. The van der Waals surface area contributed by atoms with Crippen LogP contribution >= 0.6 is 0 Å². The summed E-state index contributed by atoms with van der Waals surface area (Å²) in [5.74, 6) is 0.664. The normalized spacial score (nSPS) is 10.7. The molecule has 0 aliphatic carbocycles. The van der Waals surface area contributed by atoms with E-state index in [1.54, 1.807) is 13.2 Å². The van der Waals surface area contributed by atoms with Gasteiger partial charge in [-0.15, -0.1) is 0 Å². The number of nitrogens with zero attached hydrogens (tertiary/aromatic N) is 2. The molecular weight excluding hydrogens is 268 g/mol. The first-order valence-corrected chi connectivity index (χ1v) is 6.80. The summed E-state index contributed by atoms with van der Waals surface area (Å²) in [4.78, 5) is 11.4. The summed E-state index contributed by atoms with van der Waals surface area (Å²) in [6.07, 6.45) is 0.852. The fourth-order valence-electron chi connectivity index (χ4n) is 2.36. The highest BCUT2D eigenvalue weighted by molar-refractivity contribution is 5.89. The zero-order valence-corrected chi connectivity index (χ0v) is 12.8.